The van der Waals surface area contributed by atoms with Crippen LogP contribution in [0, 0.1) is 5.82 Å². The highest BCUT2D eigenvalue weighted by Gasteiger charge is 2.31. The van der Waals surface area contributed by atoms with Crippen LogP contribution in [-0.4, -0.2) is 26.6 Å². The lowest BCUT2D eigenvalue weighted by atomic mass is 9.78. The molecule has 3 N–H and O–H groups in total. The summed E-state index contributed by atoms with van der Waals surface area (Å²) in [7, 11) is 0. The fraction of sp³-hybridized carbons (Fsp3) is 0.429. The van der Waals surface area contributed by atoms with Gasteiger partial charge in [-0.25, -0.2) is 14.2 Å². The summed E-state index contributed by atoms with van der Waals surface area (Å²) in [6, 6.07) is 1.50. The molecule has 0 saturated heterocycles. The molecule has 0 atom stereocenters. The Kier molecular flexibility index (Phi) is 2.97. The Morgan fingerprint density at radius 3 is 2.95 bits per heavy atom. The fourth-order valence-corrected chi connectivity index (χ4v) is 2.58. The molecule has 0 bridgehead atoms. The van der Waals surface area contributed by atoms with Crippen molar-refractivity contribution < 1.29 is 14.3 Å². The van der Waals surface area contributed by atoms with Crippen molar-refractivity contribution in [3.05, 3.63) is 29.3 Å². The van der Waals surface area contributed by atoms with E-state index < -0.39 is 11.8 Å². The van der Waals surface area contributed by atoms with Crippen LogP contribution in [0.25, 0.3) is 11.0 Å². The molecule has 1 aliphatic rings. The van der Waals surface area contributed by atoms with Gasteiger partial charge in [0.1, 0.15) is 11.2 Å². The fourth-order valence-electron chi connectivity index (χ4n) is 2.58. The molecule has 0 spiro atoms. The van der Waals surface area contributed by atoms with Crippen molar-refractivity contribution in [2.24, 2.45) is 0 Å². The molecule has 1 fully saturated rings. The van der Waals surface area contributed by atoms with Gasteiger partial charge in [-0.3, -0.25) is 0 Å². The number of halogens is 1. The van der Waals surface area contributed by atoms with Gasteiger partial charge in [-0.15, -0.1) is 0 Å². The molecule has 0 aliphatic heterocycles. The molecule has 2 aromatic heterocycles. The Labute approximate surface area is 115 Å². The molecule has 1 saturated carbocycles. The maximum Gasteiger partial charge on any atom is 0.354 e. The molecule has 20 heavy (non-hydrogen) atoms. The van der Waals surface area contributed by atoms with Crippen molar-refractivity contribution in [3.63, 3.8) is 0 Å². The standard InChI is InChI=1S/C14H16FN3O2/c1-14(3-2-4-14)17-6-8-5-10(13(19)20)18-12-9(15)7-16-11(8)12/h5,7,16-17H,2-4,6H2,1H3,(H,19,20). The van der Waals surface area contributed by atoms with Gasteiger partial charge >= 0.3 is 5.97 Å². The highest BCUT2D eigenvalue weighted by molar-refractivity contribution is 5.90. The van der Waals surface area contributed by atoms with Crippen molar-refractivity contribution in [3.8, 4) is 0 Å². The van der Waals surface area contributed by atoms with Crippen molar-refractivity contribution in [2.75, 3.05) is 0 Å². The number of H-pyrrole nitrogens is 1. The summed E-state index contributed by atoms with van der Waals surface area (Å²) < 4.78 is 13.6. The van der Waals surface area contributed by atoms with E-state index in [1.54, 1.807) is 0 Å². The van der Waals surface area contributed by atoms with Gasteiger partial charge in [-0.1, -0.05) is 0 Å². The number of carboxylic acid groups (broad SMARTS) is 1. The lowest BCUT2D eigenvalue weighted by Crippen LogP contribution is -2.47. The molecular weight excluding hydrogens is 261 g/mol. The summed E-state index contributed by atoms with van der Waals surface area (Å²) in [5, 5.41) is 12.5. The molecule has 6 heteroatoms. The van der Waals surface area contributed by atoms with Gasteiger partial charge in [-0.2, -0.15) is 0 Å². The van der Waals surface area contributed by atoms with Crippen LogP contribution >= 0.6 is 0 Å². The molecular formula is C14H16FN3O2. The number of aromatic nitrogens is 2. The van der Waals surface area contributed by atoms with Gasteiger partial charge in [0.05, 0.1) is 5.52 Å². The summed E-state index contributed by atoms with van der Waals surface area (Å²) in [5.74, 6) is -1.68. The number of rotatable bonds is 4. The zero-order valence-corrected chi connectivity index (χ0v) is 11.2. The Hall–Kier alpha value is -1.95. The second kappa shape index (κ2) is 4.56. The summed E-state index contributed by atoms with van der Waals surface area (Å²) in [5.41, 5.74) is 1.34. The van der Waals surface area contributed by atoms with Crippen LogP contribution in [0.4, 0.5) is 4.39 Å². The first-order valence-corrected chi connectivity index (χ1v) is 6.63. The van der Waals surface area contributed by atoms with Crippen LogP contribution in [0.5, 0.6) is 0 Å². The number of fused-ring (bicyclic) bond motifs is 1. The second-order valence-electron chi connectivity index (χ2n) is 5.60. The van der Waals surface area contributed by atoms with E-state index in [-0.39, 0.29) is 16.7 Å². The molecule has 3 rings (SSSR count). The molecule has 0 unspecified atom stereocenters. The van der Waals surface area contributed by atoms with Crippen LogP contribution in [0.2, 0.25) is 0 Å². The first-order valence-electron chi connectivity index (χ1n) is 6.63. The monoisotopic (exact) mass is 277 g/mol. The van der Waals surface area contributed by atoms with E-state index in [0.29, 0.717) is 12.1 Å². The smallest absolute Gasteiger partial charge is 0.354 e. The third-order valence-electron chi connectivity index (χ3n) is 4.05. The topological polar surface area (TPSA) is 78.0 Å². The van der Waals surface area contributed by atoms with Crippen molar-refractivity contribution in [2.45, 2.75) is 38.3 Å². The van der Waals surface area contributed by atoms with E-state index in [4.69, 9.17) is 5.11 Å². The Morgan fingerprint density at radius 2 is 2.35 bits per heavy atom. The van der Waals surface area contributed by atoms with Crippen molar-refractivity contribution in [1.82, 2.24) is 15.3 Å². The lowest BCUT2D eigenvalue weighted by Gasteiger charge is -2.39. The normalized spacial score (nSPS) is 17.1. The average molecular weight is 277 g/mol. The third-order valence-corrected chi connectivity index (χ3v) is 4.05. The first kappa shape index (κ1) is 13.1. The number of aromatic carboxylic acids is 1. The average Bonchev–Trinajstić information content (AvgIpc) is 2.75. The number of aromatic amines is 1. The molecule has 1 aliphatic carbocycles. The molecule has 0 aromatic carbocycles. The molecule has 106 valence electrons. The summed E-state index contributed by atoms with van der Waals surface area (Å²) in [4.78, 5) is 17.7. The summed E-state index contributed by atoms with van der Waals surface area (Å²) in [6.45, 7) is 2.64. The Morgan fingerprint density at radius 1 is 1.60 bits per heavy atom. The van der Waals surface area contributed by atoms with Crippen LogP contribution in [0.1, 0.15) is 42.2 Å². The van der Waals surface area contributed by atoms with E-state index in [1.807, 2.05) is 0 Å². The molecule has 5 nitrogen and oxygen atoms in total. The number of hydrogen-bond acceptors (Lipinski definition) is 3. The van der Waals surface area contributed by atoms with Crippen LogP contribution in [0.3, 0.4) is 0 Å². The van der Waals surface area contributed by atoms with Crippen molar-refractivity contribution in [1.29, 1.82) is 0 Å². The van der Waals surface area contributed by atoms with Gasteiger partial charge in [-0.05, 0) is 37.8 Å². The van der Waals surface area contributed by atoms with Gasteiger partial charge in [0, 0.05) is 18.3 Å². The lowest BCUT2D eigenvalue weighted by molar-refractivity contribution is 0.0691. The highest BCUT2D eigenvalue weighted by Crippen LogP contribution is 2.31. The maximum atomic E-state index is 13.6. The zero-order valence-electron chi connectivity index (χ0n) is 11.2. The number of hydrogen-bond donors (Lipinski definition) is 3. The summed E-state index contributed by atoms with van der Waals surface area (Å²) in [6.07, 6.45) is 4.61. The number of pyridine rings is 1. The van der Waals surface area contributed by atoms with Crippen LogP contribution in [0.15, 0.2) is 12.3 Å². The zero-order chi connectivity index (χ0) is 14.3. The van der Waals surface area contributed by atoms with Gasteiger partial charge < -0.3 is 15.4 Å². The summed E-state index contributed by atoms with van der Waals surface area (Å²) >= 11 is 0. The highest BCUT2D eigenvalue weighted by atomic mass is 19.1. The quantitative estimate of drug-likeness (QED) is 0.802. The van der Waals surface area contributed by atoms with E-state index in [2.05, 4.69) is 22.2 Å². The van der Waals surface area contributed by atoms with Crippen molar-refractivity contribution >= 4 is 17.0 Å². The molecule has 2 aromatic rings. The molecule has 0 radical (unpaired) electrons. The van der Waals surface area contributed by atoms with E-state index in [1.165, 1.54) is 18.7 Å². The number of carbonyl (C=O) groups is 1. The third kappa shape index (κ3) is 2.16. The van der Waals surface area contributed by atoms with Gasteiger partial charge in [0.15, 0.2) is 5.82 Å². The predicted octanol–water partition coefficient (Wildman–Crippen LogP) is 2.43. The second-order valence-corrected chi connectivity index (χ2v) is 5.60. The van der Waals surface area contributed by atoms with Gasteiger partial charge in [0.2, 0.25) is 0 Å². The predicted molar refractivity (Wildman–Crippen MR) is 72.1 cm³/mol. The number of nitrogens with one attached hydrogen (secondary N) is 2. The van der Waals surface area contributed by atoms with Crippen LogP contribution in [-0.2, 0) is 6.54 Å². The van der Waals surface area contributed by atoms with Crippen LogP contribution < -0.4 is 5.32 Å². The van der Waals surface area contributed by atoms with E-state index >= 15 is 0 Å². The maximum absolute atomic E-state index is 13.6. The molecule has 2 heterocycles. The molecule has 0 amide bonds. The van der Waals surface area contributed by atoms with Gasteiger partial charge in [0.25, 0.3) is 0 Å². The Bertz CT molecular complexity index is 676. The SMILES string of the molecule is CC1(NCc2cc(C(=O)O)nc3c(F)c[nH]c23)CCC1. The minimum Gasteiger partial charge on any atom is -0.477 e. The largest absolute Gasteiger partial charge is 0.477 e. The number of nitrogens with zero attached hydrogens (tertiary/aromatic N) is 1. The Balaban J connectivity index is 1.97. The van der Waals surface area contributed by atoms with E-state index in [0.717, 1.165) is 18.4 Å². The number of carboxylic acids is 1. The van der Waals surface area contributed by atoms with E-state index in [9.17, 15) is 9.18 Å². The first-order chi connectivity index (χ1) is 9.48. The minimum atomic E-state index is -1.15. The minimum absolute atomic E-state index is 0.0838.